The van der Waals surface area contributed by atoms with Crippen molar-refractivity contribution >= 4 is 11.9 Å². The molecular formula is C38H39F11O5. The standard InChI is InChI=1S/C38H39F11O5/c1-3-4-5-8-11-24(2)54-33(50)30-21-20-29(31(39)32(30)40)27-14-12-25(13-15-27)26-16-18-28(19-17-26)52-22-9-6-7-10-23-53-34(51)35(41,42)36(43,44)37(45,46)38(47,48)49/h12-21,24H,3-11,22-23H2,1-2H3/t24-/m0/s1. The molecule has 0 aliphatic carbocycles. The van der Waals surface area contributed by atoms with E-state index in [1.807, 2.05) is 0 Å². The van der Waals surface area contributed by atoms with Crippen LogP contribution in [0.5, 0.6) is 5.75 Å². The van der Waals surface area contributed by atoms with Crippen LogP contribution in [0.3, 0.4) is 0 Å². The van der Waals surface area contributed by atoms with Gasteiger partial charge in [-0.1, -0.05) is 68.7 Å². The summed E-state index contributed by atoms with van der Waals surface area (Å²) >= 11 is 0. The van der Waals surface area contributed by atoms with Crippen LogP contribution >= 0.6 is 0 Å². The van der Waals surface area contributed by atoms with Crippen LogP contribution in [0.1, 0.15) is 82.0 Å². The maximum atomic E-state index is 15.1. The number of rotatable bonds is 20. The van der Waals surface area contributed by atoms with Gasteiger partial charge in [0.15, 0.2) is 11.6 Å². The number of unbranched alkanes of at least 4 members (excludes halogenated alkanes) is 6. The predicted octanol–water partition coefficient (Wildman–Crippen LogP) is 11.8. The summed E-state index contributed by atoms with van der Waals surface area (Å²) in [4.78, 5) is 23.8. The summed E-state index contributed by atoms with van der Waals surface area (Å²) < 4.78 is 161. The van der Waals surface area contributed by atoms with Gasteiger partial charge in [-0.25, -0.2) is 18.4 Å². The number of ether oxygens (including phenoxy) is 3. The average Bonchev–Trinajstić information content (AvgIpc) is 3.12. The van der Waals surface area contributed by atoms with Crippen LogP contribution in [0.2, 0.25) is 0 Å². The number of esters is 2. The molecule has 5 nitrogen and oxygen atoms in total. The van der Waals surface area contributed by atoms with E-state index in [4.69, 9.17) is 9.47 Å². The van der Waals surface area contributed by atoms with Crippen LogP contribution in [0, 0.1) is 11.6 Å². The smallest absolute Gasteiger partial charge is 0.460 e. The van der Waals surface area contributed by atoms with E-state index in [9.17, 15) is 53.5 Å². The van der Waals surface area contributed by atoms with Gasteiger partial charge in [0, 0.05) is 5.56 Å². The van der Waals surface area contributed by atoms with Gasteiger partial charge in [0.25, 0.3) is 0 Å². The minimum Gasteiger partial charge on any atom is -0.494 e. The Morgan fingerprint density at radius 3 is 1.74 bits per heavy atom. The fraction of sp³-hybridized carbons (Fsp3) is 0.474. The third-order valence-electron chi connectivity index (χ3n) is 8.40. The van der Waals surface area contributed by atoms with E-state index in [2.05, 4.69) is 11.7 Å². The lowest BCUT2D eigenvalue weighted by Crippen LogP contribution is -2.63. The quantitative estimate of drug-likeness (QED) is 0.0649. The van der Waals surface area contributed by atoms with Crippen molar-refractivity contribution in [3.05, 3.63) is 77.9 Å². The van der Waals surface area contributed by atoms with Crippen molar-refractivity contribution < 1.29 is 72.1 Å². The van der Waals surface area contributed by atoms with E-state index in [1.54, 1.807) is 55.5 Å². The summed E-state index contributed by atoms with van der Waals surface area (Å²) in [5.41, 5.74) is 1.37. The Labute approximate surface area is 304 Å². The maximum Gasteiger partial charge on any atom is 0.460 e. The Balaban J connectivity index is 1.43. The molecule has 0 spiro atoms. The largest absolute Gasteiger partial charge is 0.494 e. The van der Waals surface area contributed by atoms with Crippen LogP contribution in [0.15, 0.2) is 60.7 Å². The predicted molar refractivity (Wildman–Crippen MR) is 177 cm³/mol. The molecule has 54 heavy (non-hydrogen) atoms. The molecule has 0 amide bonds. The molecular weight excluding hydrogens is 745 g/mol. The van der Waals surface area contributed by atoms with Crippen LogP contribution in [-0.4, -0.2) is 55.2 Å². The van der Waals surface area contributed by atoms with Crippen LogP contribution in [0.4, 0.5) is 48.3 Å². The zero-order valence-electron chi connectivity index (χ0n) is 29.3. The Bertz CT molecular complexity index is 1670. The molecule has 3 aromatic carbocycles. The zero-order valence-corrected chi connectivity index (χ0v) is 29.3. The first kappa shape index (κ1) is 44.0. The van der Waals surface area contributed by atoms with Crippen LogP contribution < -0.4 is 4.74 Å². The highest BCUT2D eigenvalue weighted by molar-refractivity contribution is 5.90. The van der Waals surface area contributed by atoms with Gasteiger partial charge in [-0.15, -0.1) is 0 Å². The van der Waals surface area contributed by atoms with Crippen molar-refractivity contribution in [2.75, 3.05) is 13.2 Å². The second kappa shape index (κ2) is 18.8. The molecule has 1 atom stereocenters. The summed E-state index contributed by atoms with van der Waals surface area (Å²) in [5.74, 6) is -26.8. The molecule has 0 aromatic heterocycles. The van der Waals surface area contributed by atoms with Gasteiger partial charge in [0.1, 0.15) is 5.75 Å². The number of carbonyl (C=O) groups is 2. The highest BCUT2D eigenvalue weighted by Crippen LogP contribution is 2.53. The van der Waals surface area contributed by atoms with Gasteiger partial charge < -0.3 is 14.2 Å². The normalized spacial score (nSPS) is 13.1. The summed E-state index contributed by atoms with van der Waals surface area (Å²) in [6.45, 7) is 3.05. The molecule has 0 saturated carbocycles. The average molecular weight is 785 g/mol. The number of benzene rings is 3. The summed E-state index contributed by atoms with van der Waals surface area (Å²) in [7, 11) is 0. The molecule has 0 unspecified atom stereocenters. The third-order valence-corrected chi connectivity index (χ3v) is 8.40. The van der Waals surface area contributed by atoms with Crippen LogP contribution in [-0.2, 0) is 14.3 Å². The van der Waals surface area contributed by atoms with Crippen LogP contribution in [0.25, 0.3) is 22.3 Å². The number of carbonyl (C=O) groups excluding carboxylic acids is 2. The minimum absolute atomic E-state index is 0.0358. The molecule has 3 rings (SSSR count). The lowest BCUT2D eigenvalue weighted by molar-refractivity contribution is -0.390. The summed E-state index contributed by atoms with van der Waals surface area (Å²) in [6, 6.07) is 15.9. The molecule has 298 valence electrons. The second-order valence-corrected chi connectivity index (χ2v) is 12.6. The molecule has 0 fully saturated rings. The van der Waals surface area contributed by atoms with Gasteiger partial charge in [-0.2, -0.15) is 39.5 Å². The Morgan fingerprint density at radius 2 is 1.17 bits per heavy atom. The monoisotopic (exact) mass is 784 g/mol. The lowest BCUT2D eigenvalue weighted by atomic mass is 9.98. The Morgan fingerprint density at radius 1 is 0.630 bits per heavy atom. The first-order valence-electron chi connectivity index (χ1n) is 17.2. The number of hydrogen-bond acceptors (Lipinski definition) is 5. The molecule has 0 radical (unpaired) electrons. The Kier molecular flexibility index (Phi) is 15.3. The van der Waals surface area contributed by atoms with Crippen molar-refractivity contribution in [3.63, 3.8) is 0 Å². The highest BCUT2D eigenvalue weighted by Gasteiger charge is 2.84. The van der Waals surface area contributed by atoms with E-state index in [-0.39, 0.29) is 25.0 Å². The first-order chi connectivity index (χ1) is 25.3. The van der Waals surface area contributed by atoms with Crippen molar-refractivity contribution in [3.8, 4) is 28.0 Å². The minimum atomic E-state index is -7.18. The van der Waals surface area contributed by atoms with Crippen molar-refractivity contribution in [1.29, 1.82) is 0 Å². The summed E-state index contributed by atoms with van der Waals surface area (Å²) in [6.07, 6.45) is -2.08. The molecule has 0 saturated heterocycles. The van der Waals surface area contributed by atoms with E-state index < -0.39 is 65.8 Å². The fourth-order valence-electron chi connectivity index (χ4n) is 5.19. The van der Waals surface area contributed by atoms with Gasteiger partial charge >= 0.3 is 35.9 Å². The van der Waals surface area contributed by atoms with Gasteiger partial charge in [0.2, 0.25) is 0 Å². The molecule has 3 aromatic rings. The van der Waals surface area contributed by atoms with Gasteiger partial charge in [-0.05, 0) is 80.3 Å². The third kappa shape index (κ3) is 10.6. The Hall–Kier alpha value is -4.37. The molecule has 0 N–H and O–H groups in total. The number of halogens is 11. The number of alkyl halides is 9. The zero-order chi connectivity index (χ0) is 40.3. The van der Waals surface area contributed by atoms with Crippen molar-refractivity contribution in [1.82, 2.24) is 0 Å². The van der Waals surface area contributed by atoms with Gasteiger partial charge in [-0.3, -0.25) is 0 Å². The molecule has 0 heterocycles. The van der Waals surface area contributed by atoms with E-state index >= 15 is 4.39 Å². The summed E-state index contributed by atoms with van der Waals surface area (Å²) in [5, 5.41) is 0. The molecule has 0 bridgehead atoms. The number of hydrogen-bond donors (Lipinski definition) is 0. The SMILES string of the molecule is CCCCCC[C@H](C)OC(=O)c1ccc(-c2ccc(-c3ccc(OCCCCCCOC(=O)C(F)(F)C(F)(F)C(F)(F)C(F)(F)F)cc3)cc2)c(F)c1F. The highest BCUT2D eigenvalue weighted by atomic mass is 19.4. The van der Waals surface area contributed by atoms with Crippen molar-refractivity contribution in [2.45, 2.75) is 102 Å². The van der Waals surface area contributed by atoms with Gasteiger partial charge in [0.05, 0.1) is 24.9 Å². The topological polar surface area (TPSA) is 61.8 Å². The first-order valence-corrected chi connectivity index (χ1v) is 17.2. The van der Waals surface area contributed by atoms with Crippen molar-refractivity contribution in [2.24, 2.45) is 0 Å². The van der Waals surface area contributed by atoms with E-state index in [0.29, 0.717) is 30.6 Å². The fourth-order valence-corrected chi connectivity index (χ4v) is 5.19. The second-order valence-electron chi connectivity index (χ2n) is 12.6. The lowest BCUT2D eigenvalue weighted by Gasteiger charge is -2.32. The van der Waals surface area contributed by atoms with E-state index in [0.717, 1.165) is 36.8 Å². The maximum absolute atomic E-state index is 15.1. The molecule has 0 aliphatic heterocycles. The molecule has 16 heteroatoms. The molecule has 0 aliphatic rings. The van der Waals surface area contributed by atoms with E-state index in [1.165, 1.54) is 12.1 Å².